The smallest absolute Gasteiger partial charge is 0.251 e. The van der Waals surface area contributed by atoms with Gasteiger partial charge in [-0.1, -0.05) is 30.3 Å². The van der Waals surface area contributed by atoms with Gasteiger partial charge < -0.3 is 56.0 Å². The number of hydrogen-bond donors (Lipinski definition) is 9. The topological polar surface area (TPSA) is 307 Å². The van der Waals surface area contributed by atoms with Gasteiger partial charge in [0.05, 0.1) is 12.2 Å². The maximum atomic E-state index is 10.9. The van der Waals surface area contributed by atoms with Crippen LogP contribution in [0.2, 0.25) is 0 Å². The molecule has 0 radical (unpaired) electrons. The van der Waals surface area contributed by atoms with Crippen LogP contribution < -0.4 is 46.2 Å². The van der Waals surface area contributed by atoms with E-state index in [1.54, 1.807) is 100 Å². The number of hydrazine groups is 2. The molecule has 0 fully saturated rings. The number of nitrogens with two attached hydrogens (primary N) is 1. The molecular formula is C37H46N18O6. The second-order valence-electron chi connectivity index (χ2n) is 14.0. The van der Waals surface area contributed by atoms with Gasteiger partial charge in [-0.2, -0.15) is 44.9 Å². The van der Waals surface area contributed by atoms with Crippen molar-refractivity contribution < 1.29 is 30.6 Å². The molecule has 3 aromatic carbocycles. The minimum absolute atomic E-state index is 0.0319. The number of nitrogen functional groups attached to an aromatic ring is 1. The third kappa shape index (κ3) is 9.70. The first-order chi connectivity index (χ1) is 29.0. The van der Waals surface area contributed by atoms with Crippen molar-refractivity contribution in [2.24, 2.45) is 0 Å². The van der Waals surface area contributed by atoms with E-state index >= 15 is 0 Å². The highest BCUT2D eigenvalue weighted by Gasteiger charge is 2.24. The highest BCUT2D eigenvalue weighted by atomic mass is 16.3. The second-order valence-corrected chi connectivity index (χ2v) is 14.0. The summed E-state index contributed by atoms with van der Waals surface area (Å²) in [6.45, 7) is -0.108. The van der Waals surface area contributed by atoms with Gasteiger partial charge in [-0.25, -0.2) is 5.01 Å². The third-order valence-corrected chi connectivity index (χ3v) is 8.79. The molecule has 0 aliphatic rings. The number of anilines is 10. The van der Waals surface area contributed by atoms with Gasteiger partial charge in [-0.05, 0) is 36.2 Å². The summed E-state index contributed by atoms with van der Waals surface area (Å²) >= 11 is 0. The fourth-order valence-corrected chi connectivity index (χ4v) is 5.56. The molecule has 0 unspecified atom stereocenters. The lowest BCUT2D eigenvalue weighted by Gasteiger charge is -2.28. The number of para-hydroxylation sites is 3. The number of rotatable bonds is 16. The summed E-state index contributed by atoms with van der Waals surface area (Å²) in [6.07, 6.45) is 0.170. The average Bonchev–Trinajstić information content (AvgIpc) is 3.22. The highest BCUT2D eigenvalue weighted by molar-refractivity contribution is 5.69. The van der Waals surface area contributed by atoms with E-state index in [-0.39, 0.29) is 113 Å². The van der Waals surface area contributed by atoms with Crippen molar-refractivity contribution in [2.45, 2.75) is 13.0 Å². The fraction of sp³-hybridized carbons (Fsp3) is 0.270. The zero-order chi connectivity index (χ0) is 44.1. The molecule has 0 aliphatic heterocycles. The van der Waals surface area contributed by atoms with Crippen LogP contribution in [-0.2, 0) is 13.0 Å². The molecule has 24 nitrogen and oxygen atoms in total. The molecule has 0 amide bonds. The van der Waals surface area contributed by atoms with Crippen molar-refractivity contribution in [3.63, 3.8) is 0 Å². The minimum atomic E-state index is -0.399. The summed E-state index contributed by atoms with van der Waals surface area (Å²) < 4.78 is 0. The van der Waals surface area contributed by atoms with E-state index in [0.717, 1.165) is 0 Å². The Hall–Kier alpha value is -8.31. The summed E-state index contributed by atoms with van der Waals surface area (Å²) in [6, 6.07) is 13.6. The zero-order valence-electron chi connectivity index (χ0n) is 34.3. The van der Waals surface area contributed by atoms with Crippen LogP contribution in [0.4, 0.5) is 59.2 Å². The van der Waals surface area contributed by atoms with Gasteiger partial charge in [0.2, 0.25) is 41.6 Å². The predicted octanol–water partition coefficient (Wildman–Crippen LogP) is 2.13. The van der Waals surface area contributed by atoms with E-state index in [1.165, 1.54) is 33.1 Å². The summed E-state index contributed by atoms with van der Waals surface area (Å²) in [4.78, 5) is 47.3. The predicted molar refractivity (Wildman–Crippen MR) is 229 cm³/mol. The maximum Gasteiger partial charge on any atom is 0.251 e. The highest BCUT2D eigenvalue weighted by Crippen LogP contribution is 2.38. The van der Waals surface area contributed by atoms with Gasteiger partial charge in [0.15, 0.2) is 34.5 Å². The molecule has 10 N–H and O–H groups in total. The zero-order valence-corrected chi connectivity index (χ0v) is 34.3. The number of aromatic nitrogens is 9. The molecule has 6 aromatic rings. The molecule has 0 saturated heterocycles. The van der Waals surface area contributed by atoms with Crippen molar-refractivity contribution in [3.05, 3.63) is 65.7 Å². The Kier molecular flexibility index (Phi) is 12.3. The Morgan fingerprint density at radius 1 is 0.475 bits per heavy atom. The Balaban J connectivity index is 1.46. The SMILES string of the molecule is CN(C)c1nc(N)nc(N(CCc2cccc(O)c2O)Nc2nc(N(C)C)nc(N(Cc3cccc(O)c3O)Nc3nc(N(C)C)nc(N(C)c4cccc(O)c4O)n3)n2)n1. The van der Waals surface area contributed by atoms with Gasteiger partial charge in [0, 0.05) is 61.4 Å². The van der Waals surface area contributed by atoms with Gasteiger partial charge >= 0.3 is 0 Å². The van der Waals surface area contributed by atoms with Crippen LogP contribution in [0, 0.1) is 0 Å². The molecule has 0 saturated carbocycles. The van der Waals surface area contributed by atoms with Gasteiger partial charge in [-0.15, -0.1) is 0 Å². The van der Waals surface area contributed by atoms with E-state index < -0.39 is 5.75 Å². The van der Waals surface area contributed by atoms with Crippen molar-refractivity contribution in [3.8, 4) is 34.5 Å². The Labute approximate surface area is 349 Å². The summed E-state index contributed by atoms with van der Waals surface area (Å²) in [5.74, 6) is -1.50. The summed E-state index contributed by atoms with van der Waals surface area (Å²) in [7, 11) is 11.9. The molecule has 3 heterocycles. The van der Waals surface area contributed by atoms with Gasteiger partial charge in [0.25, 0.3) is 11.9 Å². The first kappa shape index (κ1) is 42.3. The Morgan fingerprint density at radius 2 is 0.902 bits per heavy atom. The number of hydrogen-bond acceptors (Lipinski definition) is 24. The number of phenols is 6. The van der Waals surface area contributed by atoms with Crippen LogP contribution in [-0.4, -0.2) is 131 Å². The molecule has 0 spiro atoms. The number of benzene rings is 3. The van der Waals surface area contributed by atoms with Crippen molar-refractivity contribution >= 4 is 59.2 Å². The van der Waals surface area contributed by atoms with Crippen LogP contribution in [0.3, 0.4) is 0 Å². The summed E-state index contributed by atoms with van der Waals surface area (Å²) in [5, 5.41) is 65.9. The van der Waals surface area contributed by atoms with E-state index in [4.69, 9.17) is 15.7 Å². The lowest BCUT2D eigenvalue weighted by atomic mass is 10.1. The van der Waals surface area contributed by atoms with Crippen LogP contribution in [0.1, 0.15) is 11.1 Å². The quantitative estimate of drug-likeness (QED) is 0.0498. The molecule has 0 aliphatic carbocycles. The first-order valence-electron chi connectivity index (χ1n) is 18.4. The molecule has 3 aromatic heterocycles. The van der Waals surface area contributed by atoms with E-state index in [2.05, 4.69) is 45.7 Å². The lowest BCUT2D eigenvalue weighted by Crippen LogP contribution is -2.37. The van der Waals surface area contributed by atoms with E-state index in [1.807, 2.05) is 0 Å². The third-order valence-electron chi connectivity index (χ3n) is 8.79. The minimum Gasteiger partial charge on any atom is -0.504 e. The number of phenolic OH excluding ortho intramolecular Hbond substituents is 6. The van der Waals surface area contributed by atoms with E-state index in [0.29, 0.717) is 5.56 Å². The largest absolute Gasteiger partial charge is 0.504 e. The van der Waals surface area contributed by atoms with Crippen LogP contribution in [0.5, 0.6) is 34.5 Å². The molecule has 320 valence electrons. The molecule has 0 atom stereocenters. The lowest BCUT2D eigenvalue weighted by molar-refractivity contribution is 0.399. The average molecular weight is 839 g/mol. The van der Waals surface area contributed by atoms with Crippen molar-refractivity contribution in [1.82, 2.24) is 44.9 Å². The number of aromatic hydroxyl groups is 6. The standard InChI is InChI=1S/C37H46N18O6/c1-50(2)32-39-29(38)40-36(46-32)54(18-17-20-11-8-14-23(56)26(20)59)48-31-42-34(52(5)6)47-37(44-31)55(19-21-12-9-15-24(57)27(21)60)49-30-41-33(51(3)4)45-35(43-30)53(7)22-13-10-16-25(58)28(22)61/h8-16,56-61H,17-19H2,1-7H3,(H2,38,39,40,46)(H,41,43,45,49)(H,42,44,47,48). The fourth-order valence-electron chi connectivity index (χ4n) is 5.56. The van der Waals surface area contributed by atoms with Gasteiger partial charge in [-0.3, -0.25) is 15.9 Å². The first-order valence-corrected chi connectivity index (χ1v) is 18.4. The van der Waals surface area contributed by atoms with Crippen LogP contribution in [0.25, 0.3) is 0 Å². The molecule has 6 rings (SSSR count). The second kappa shape index (κ2) is 17.7. The molecule has 61 heavy (non-hydrogen) atoms. The van der Waals surface area contributed by atoms with Crippen LogP contribution >= 0.6 is 0 Å². The van der Waals surface area contributed by atoms with Crippen molar-refractivity contribution in [2.75, 3.05) is 102 Å². The normalized spacial score (nSPS) is 10.9. The molecule has 24 heteroatoms. The van der Waals surface area contributed by atoms with Gasteiger partial charge in [0.1, 0.15) is 0 Å². The number of nitrogens with one attached hydrogen (secondary N) is 2. The monoisotopic (exact) mass is 838 g/mol. The number of nitrogens with zero attached hydrogens (tertiary/aromatic N) is 15. The van der Waals surface area contributed by atoms with Crippen LogP contribution in [0.15, 0.2) is 54.6 Å². The maximum absolute atomic E-state index is 10.9. The Bertz CT molecular complexity index is 2510. The van der Waals surface area contributed by atoms with Crippen molar-refractivity contribution in [1.29, 1.82) is 0 Å². The van der Waals surface area contributed by atoms with E-state index in [9.17, 15) is 30.6 Å². The molecule has 0 bridgehead atoms. The molecular weight excluding hydrogens is 793 g/mol. The summed E-state index contributed by atoms with van der Waals surface area (Å²) in [5.41, 5.74) is 13.3. The Morgan fingerprint density at radius 3 is 1.49 bits per heavy atom.